The lowest BCUT2D eigenvalue weighted by atomic mass is 10.5. The maximum atomic E-state index is 11.4. The van der Waals surface area contributed by atoms with Crippen LogP contribution >= 0.6 is 11.8 Å². The molecule has 8 heteroatoms. The summed E-state index contributed by atoms with van der Waals surface area (Å²) in [6.45, 7) is 4.22. The van der Waals surface area contributed by atoms with Crippen molar-refractivity contribution in [1.82, 2.24) is 30.8 Å². The van der Waals surface area contributed by atoms with Gasteiger partial charge in [0.2, 0.25) is 11.1 Å². The summed E-state index contributed by atoms with van der Waals surface area (Å²) in [5, 5.41) is 17.8. The lowest BCUT2D eigenvalue weighted by Crippen LogP contribution is -2.26. The number of likely N-dealkylation sites (N-methyl/N-ethyl adjacent to an activating group) is 1. The SMILES string of the molecule is CCCNC(=O)CSc1nnnn1CCNC. The summed E-state index contributed by atoms with van der Waals surface area (Å²) in [5.41, 5.74) is 0. The van der Waals surface area contributed by atoms with Crippen molar-refractivity contribution in [3.8, 4) is 0 Å². The smallest absolute Gasteiger partial charge is 0.230 e. The molecule has 1 amide bonds. The molecule has 0 aromatic carbocycles. The van der Waals surface area contributed by atoms with Crippen LogP contribution in [-0.4, -0.2) is 52.0 Å². The topological polar surface area (TPSA) is 84.7 Å². The van der Waals surface area contributed by atoms with Crippen molar-refractivity contribution in [2.75, 3.05) is 25.9 Å². The highest BCUT2D eigenvalue weighted by Gasteiger charge is 2.08. The van der Waals surface area contributed by atoms with Crippen molar-refractivity contribution in [3.63, 3.8) is 0 Å². The van der Waals surface area contributed by atoms with Gasteiger partial charge in [-0.2, -0.15) is 0 Å². The van der Waals surface area contributed by atoms with Crippen LogP contribution in [0.2, 0.25) is 0 Å². The zero-order valence-corrected chi connectivity index (χ0v) is 11.0. The number of nitrogens with zero attached hydrogens (tertiary/aromatic N) is 4. The van der Waals surface area contributed by atoms with Crippen LogP contribution in [0.5, 0.6) is 0 Å². The normalized spacial score (nSPS) is 10.5. The highest BCUT2D eigenvalue weighted by atomic mass is 32.2. The first-order chi connectivity index (χ1) is 8.27. The Morgan fingerprint density at radius 1 is 1.47 bits per heavy atom. The van der Waals surface area contributed by atoms with Gasteiger partial charge < -0.3 is 10.6 Å². The van der Waals surface area contributed by atoms with Gasteiger partial charge in [0.05, 0.1) is 12.3 Å². The summed E-state index contributed by atoms with van der Waals surface area (Å²) in [5.74, 6) is 0.361. The van der Waals surface area contributed by atoms with E-state index in [1.165, 1.54) is 11.8 Å². The van der Waals surface area contributed by atoms with E-state index in [4.69, 9.17) is 0 Å². The molecule has 0 saturated carbocycles. The van der Waals surface area contributed by atoms with Crippen LogP contribution in [0.15, 0.2) is 5.16 Å². The van der Waals surface area contributed by atoms with Crippen molar-refractivity contribution >= 4 is 17.7 Å². The first-order valence-electron chi connectivity index (χ1n) is 5.58. The van der Waals surface area contributed by atoms with E-state index in [1.54, 1.807) is 4.68 Å². The Bertz CT molecular complexity index is 342. The third-order valence-corrected chi connectivity index (χ3v) is 2.93. The van der Waals surface area contributed by atoms with Crippen LogP contribution in [0.3, 0.4) is 0 Å². The first kappa shape index (κ1) is 13.9. The summed E-state index contributed by atoms with van der Waals surface area (Å²) in [6, 6.07) is 0. The molecule has 96 valence electrons. The Morgan fingerprint density at radius 2 is 2.29 bits per heavy atom. The Kier molecular flexibility index (Phi) is 6.56. The van der Waals surface area contributed by atoms with Crippen molar-refractivity contribution in [2.24, 2.45) is 0 Å². The molecular weight excluding hydrogens is 240 g/mol. The van der Waals surface area contributed by atoms with Crippen molar-refractivity contribution in [1.29, 1.82) is 0 Å². The number of carbonyl (C=O) groups is 1. The number of hydrogen-bond donors (Lipinski definition) is 2. The number of hydrogen-bond acceptors (Lipinski definition) is 6. The van der Waals surface area contributed by atoms with E-state index < -0.39 is 0 Å². The molecular formula is C9H18N6OS. The second-order valence-electron chi connectivity index (χ2n) is 3.43. The molecule has 0 spiro atoms. The number of nitrogens with one attached hydrogen (secondary N) is 2. The van der Waals surface area contributed by atoms with Crippen LogP contribution in [-0.2, 0) is 11.3 Å². The fourth-order valence-corrected chi connectivity index (χ4v) is 1.84. The quantitative estimate of drug-likeness (QED) is 0.612. The van der Waals surface area contributed by atoms with Crippen LogP contribution in [0.4, 0.5) is 0 Å². The van der Waals surface area contributed by atoms with E-state index in [-0.39, 0.29) is 5.91 Å². The lowest BCUT2D eigenvalue weighted by Gasteiger charge is -2.04. The maximum absolute atomic E-state index is 11.4. The Hall–Kier alpha value is -1.15. The summed E-state index contributed by atoms with van der Waals surface area (Å²) in [4.78, 5) is 11.4. The van der Waals surface area contributed by atoms with Gasteiger partial charge in [0.15, 0.2) is 0 Å². The zero-order valence-electron chi connectivity index (χ0n) is 10.1. The highest BCUT2D eigenvalue weighted by Crippen LogP contribution is 2.12. The van der Waals surface area contributed by atoms with Crippen LogP contribution in [0.25, 0.3) is 0 Å². The summed E-state index contributed by atoms with van der Waals surface area (Å²) in [6.07, 6.45) is 0.941. The average Bonchev–Trinajstić information content (AvgIpc) is 2.78. The minimum absolute atomic E-state index is 0.0139. The fraction of sp³-hybridized carbons (Fsp3) is 0.778. The van der Waals surface area contributed by atoms with Gasteiger partial charge in [-0.3, -0.25) is 4.79 Å². The molecule has 0 fully saturated rings. The predicted molar refractivity (Wildman–Crippen MR) is 65.8 cm³/mol. The van der Waals surface area contributed by atoms with E-state index in [9.17, 15) is 4.79 Å². The van der Waals surface area contributed by atoms with E-state index in [0.717, 1.165) is 13.0 Å². The molecule has 2 N–H and O–H groups in total. The molecule has 0 atom stereocenters. The predicted octanol–water partition coefficient (Wildman–Crippen LogP) is -0.489. The standard InChI is InChI=1S/C9H18N6OS/c1-3-4-11-8(16)7-17-9-12-13-14-15(9)6-5-10-2/h10H,3-7H2,1-2H3,(H,11,16). The van der Waals surface area contributed by atoms with Crippen molar-refractivity contribution < 1.29 is 4.79 Å². The molecule has 0 aliphatic heterocycles. The first-order valence-corrected chi connectivity index (χ1v) is 6.56. The molecule has 1 rings (SSSR count). The van der Waals surface area contributed by atoms with Gasteiger partial charge in [-0.25, -0.2) is 4.68 Å². The van der Waals surface area contributed by atoms with Gasteiger partial charge in [0, 0.05) is 13.1 Å². The zero-order chi connectivity index (χ0) is 12.5. The lowest BCUT2D eigenvalue weighted by molar-refractivity contribution is -0.118. The second kappa shape index (κ2) is 8.02. The number of thioether (sulfide) groups is 1. The van der Waals surface area contributed by atoms with Gasteiger partial charge in [-0.05, 0) is 23.9 Å². The third-order valence-electron chi connectivity index (χ3n) is 1.98. The van der Waals surface area contributed by atoms with Crippen LogP contribution in [0, 0.1) is 0 Å². The Morgan fingerprint density at radius 3 is 3.00 bits per heavy atom. The van der Waals surface area contributed by atoms with E-state index in [1.807, 2.05) is 14.0 Å². The summed E-state index contributed by atoms with van der Waals surface area (Å²) >= 11 is 1.35. The molecule has 0 unspecified atom stereocenters. The monoisotopic (exact) mass is 258 g/mol. The van der Waals surface area contributed by atoms with Crippen LogP contribution < -0.4 is 10.6 Å². The molecule has 0 bridgehead atoms. The third kappa shape index (κ3) is 5.14. The molecule has 1 aromatic heterocycles. The number of rotatable bonds is 8. The Labute approximate surface area is 105 Å². The van der Waals surface area contributed by atoms with Crippen molar-refractivity contribution in [3.05, 3.63) is 0 Å². The molecule has 0 radical (unpaired) electrons. The number of aromatic nitrogens is 4. The van der Waals surface area contributed by atoms with Gasteiger partial charge in [0.25, 0.3) is 0 Å². The summed E-state index contributed by atoms with van der Waals surface area (Å²) in [7, 11) is 1.87. The second-order valence-corrected chi connectivity index (χ2v) is 4.37. The highest BCUT2D eigenvalue weighted by molar-refractivity contribution is 7.99. The minimum atomic E-state index is 0.0139. The Balaban J connectivity index is 2.35. The van der Waals surface area contributed by atoms with E-state index in [0.29, 0.717) is 24.0 Å². The molecule has 0 saturated heterocycles. The van der Waals surface area contributed by atoms with E-state index >= 15 is 0 Å². The van der Waals surface area contributed by atoms with Gasteiger partial charge >= 0.3 is 0 Å². The molecule has 7 nitrogen and oxygen atoms in total. The largest absolute Gasteiger partial charge is 0.355 e. The van der Waals surface area contributed by atoms with E-state index in [2.05, 4.69) is 26.2 Å². The molecule has 0 aliphatic rings. The van der Waals surface area contributed by atoms with Gasteiger partial charge in [-0.1, -0.05) is 18.7 Å². The van der Waals surface area contributed by atoms with Gasteiger partial charge in [-0.15, -0.1) is 5.10 Å². The number of amides is 1. The molecule has 0 aliphatic carbocycles. The molecule has 1 aromatic rings. The molecule has 17 heavy (non-hydrogen) atoms. The van der Waals surface area contributed by atoms with Gasteiger partial charge in [0.1, 0.15) is 0 Å². The molecule has 1 heterocycles. The summed E-state index contributed by atoms with van der Waals surface area (Å²) < 4.78 is 1.69. The average molecular weight is 258 g/mol. The number of carbonyl (C=O) groups excluding carboxylic acids is 1. The van der Waals surface area contributed by atoms with Crippen LogP contribution in [0.1, 0.15) is 13.3 Å². The van der Waals surface area contributed by atoms with Crippen molar-refractivity contribution in [2.45, 2.75) is 25.0 Å². The minimum Gasteiger partial charge on any atom is -0.355 e. The number of tetrazole rings is 1. The maximum Gasteiger partial charge on any atom is 0.230 e. The fourth-order valence-electron chi connectivity index (χ4n) is 1.10.